The Balaban J connectivity index is 0.000000129. The zero-order chi connectivity index (χ0) is 37.3. The molecule has 2 heterocycles. The van der Waals surface area contributed by atoms with Crippen LogP contribution in [0.2, 0.25) is 26.4 Å². The van der Waals surface area contributed by atoms with Gasteiger partial charge in [0.05, 0.1) is 0 Å². The van der Waals surface area contributed by atoms with Gasteiger partial charge in [0, 0.05) is 10.0 Å². The number of hydrogen-bond acceptors (Lipinski definition) is 6. The molecule has 0 radical (unpaired) electrons. The molecule has 10 aromatic rings. The van der Waals surface area contributed by atoms with Crippen molar-refractivity contribution in [2.24, 2.45) is 0 Å². The van der Waals surface area contributed by atoms with E-state index in [-0.39, 0.29) is 26.4 Å². The minimum Gasteiger partial charge on any atom is -0.198 e. The first-order valence-electron chi connectivity index (χ1n) is 16.4. The van der Waals surface area contributed by atoms with Gasteiger partial charge in [0.15, 0.2) is 5.82 Å². The molecule has 6 nitrogen and oxygen atoms in total. The molecule has 0 spiro atoms. The summed E-state index contributed by atoms with van der Waals surface area (Å²) in [5.74, 6) is 0.467. The lowest BCUT2D eigenvalue weighted by Gasteiger charge is -2.11. The molecule has 0 fully saturated rings. The predicted octanol–water partition coefficient (Wildman–Crippen LogP) is 14.0. The smallest absolute Gasteiger partial charge is 0.198 e. The highest BCUT2D eigenvalue weighted by Gasteiger charge is 2.12. The largest absolute Gasteiger partial charge is 0.227 e. The van der Waals surface area contributed by atoms with Crippen LogP contribution in [0, 0.1) is 0 Å². The van der Waals surface area contributed by atoms with Crippen molar-refractivity contribution in [3.8, 4) is 11.4 Å². The molecular weight excluding hydrogens is 846 g/mol. The van der Waals surface area contributed by atoms with Gasteiger partial charge in [-0.2, -0.15) is 29.9 Å². The van der Waals surface area contributed by atoms with E-state index in [1.165, 1.54) is 59.2 Å². The molecule has 0 aliphatic heterocycles. The van der Waals surface area contributed by atoms with Gasteiger partial charge in [0.25, 0.3) is 0 Å². The molecule has 0 saturated heterocycles. The Hall–Kier alpha value is -4.73. The Morgan fingerprint density at radius 1 is 0.296 bits per heavy atom. The van der Waals surface area contributed by atoms with Gasteiger partial charge in [-0.3, -0.25) is 0 Å². The maximum atomic E-state index is 5.94. The highest BCUT2D eigenvalue weighted by atomic mass is 79.9. The van der Waals surface area contributed by atoms with Crippen molar-refractivity contribution in [1.82, 2.24) is 29.9 Å². The van der Waals surface area contributed by atoms with E-state index in [1.807, 2.05) is 6.07 Å². The second-order valence-electron chi connectivity index (χ2n) is 12.0. The highest BCUT2D eigenvalue weighted by molar-refractivity contribution is 9.10. The van der Waals surface area contributed by atoms with Crippen molar-refractivity contribution in [2.75, 3.05) is 0 Å². The van der Waals surface area contributed by atoms with Crippen LogP contribution < -0.4 is 0 Å². The first-order valence-corrected chi connectivity index (χ1v) is 19.0. The van der Waals surface area contributed by atoms with Crippen molar-refractivity contribution in [3.63, 3.8) is 0 Å². The number of halogens is 6. The van der Waals surface area contributed by atoms with Crippen LogP contribution in [0.5, 0.6) is 0 Å². The number of nitrogens with zero attached hydrogens (tertiary/aromatic N) is 6. The molecule has 10 rings (SSSR count). The summed E-state index contributed by atoms with van der Waals surface area (Å²) in [5, 5.41) is 15.3. The number of fused-ring (bicyclic) bond motifs is 12. The van der Waals surface area contributed by atoms with E-state index in [2.05, 4.69) is 173 Å². The van der Waals surface area contributed by atoms with Crippen LogP contribution in [-0.4, -0.2) is 29.9 Å². The van der Waals surface area contributed by atoms with Crippen LogP contribution in [0.4, 0.5) is 0 Å². The number of hydrogen-bond donors (Lipinski definition) is 0. The van der Waals surface area contributed by atoms with Crippen LogP contribution >= 0.6 is 73.9 Å². The van der Waals surface area contributed by atoms with Gasteiger partial charge >= 0.3 is 0 Å². The zero-order valence-corrected chi connectivity index (χ0v) is 33.0. The Morgan fingerprint density at radius 2 is 0.574 bits per heavy atom. The molecule has 0 aliphatic rings. The first-order chi connectivity index (χ1) is 26.2. The summed E-state index contributed by atoms with van der Waals surface area (Å²) < 4.78 is 1.13. The Kier molecular flexibility index (Phi) is 10.4. The zero-order valence-electron chi connectivity index (χ0n) is 27.7. The number of aromatic nitrogens is 6. The van der Waals surface area contributed by atoms with Crippen LogP contribution in [0.1, 0.15) is 0 Å². The van der Waals surface area contributed by atoms with Crippen molar-refractivity contribution < 1.29 is 0 Å². The first kappa shape index (κ1) is 36.3. The van der Waals surface area contributed by atoms with E-state index in [1.54, 1.807) is 0 Å². The number of rotatable bonds is 1. The van der Waals surface area contributed by atoms with Crippen LogP contribution in [-0.2, 0) is 0 Å². The third-order valence-electron chi connectivity index (χ3n) is 8.84. The lowest BCUT2D eigenvalue weighted by atomic mass is 9.93. The van der Waals surface area contributed by atoms with Gasteiger partial charge in [0.1, 0.15) is 0 Å². The third-order valence-corrected chi connectivity index (χ3v) is 10.2. The molecule has 0 bridgehead atoms. The van der Waals surface area contributed by atoms with E-state index >= 15 is 0 Å². The van der Waals surface area contributed by atoms with Gasteiger partial charge < -0.3 is 0 Å². The van der Waals surface area contributed by atoms with Crippen molar-refractivity contribution in [2.45, 2.75) is 0 Å². The topological polar surface area (TPSA) is 77.3 Å². The summed E-state index contributed by atoms with van der Waals surface area (Å²) in [7, 11) is 0. The van der Waals surface area contributed by atoms with E-state index in [9.17, 15) is 0 Å². The van der Waals surface area contributed by atoms with Gasteiger partial charge in [-0.25, -0.2) is 0 Å². The summed E-state index contributed by atoms with van der Waals surface area (Å²) in [5.41, 5.74) is 0.851. The molecule has 0 atom stereocenters. The Bertz CT molecular complexity index is 2910. The fourth-order valence-electron chi connectivity index (χ4n) is 6.69. The normalized spacial score (nSPS) is 11.1. The van der Waals surface area contributed by atoms with E-state index in [0.717, 1.165) is 15.4 Å². The maximum Gasteiger partial charge on any atom is 0.227 e. The molecule has 2 aromatic heterocycles. The lowest BCUT2D eigenvalue weighted by molar-refractivity contribution is 1.05. The minimum absolute atomic E-state index is 0.000000000000000444. The fourth-order valence-corrected chi connectivity index (χ4v) is 8.02. The van der Waals surface area contributed by atoms with Crippen LogP contribution in [0.25, 0.3) is 76.0 Å². The molecule has 8 aromatic carbocycles. The quantitative estimate of drug-likeness (QED) is 0.153. The summed E-state index contributed by atoms with van der Waals surface area (Å²) >= 11 is 31.4. The van der Waals surface area contributed by atoms with Crippen molar-refractivity contribution in [3.05, 3.63) is 164 Å². The monoisotopic (exact) mass is 864 g/mol. The van der Waals surface area contributed by atoms with Gasteiger partial charge in [-0.05, 0) is 141 Å². The standard InChI is InChI=1S/C21H11Cl2N3.C18H11Br.C3Cl3N3/c22-20-24-19(25-21(23)26-20)12-9-10-17-15-7-2-1-5-13(15)14-6-3-4-8-16(14)18(17)11-12;19-12-9-10-17-15-7-2-1-5-13(15)14-6-3-4-8-16(14)18(17)11-12;4-1-7-2(5)9-3(6)8-1/h1-11H;1-11H;. The van der Waals surface area contributed by atoms with Gasteiger partial charge in [-0.1, -0.05) is 131 Å². The highest BCUT2D eigenvalue weighted by Crippen LogP contribution is 2.38. The average molecular weight is 868 g/mol. The molecule has 262 valence electrons. The van der Waals surface area contributed by atoms with Crippen LogP contribution in [0.3, 0.4) is 0 Å². The maximum absolute atomic E-state index is 5.94. The number of benzene rings is 8. The second-order valence-corrected chi connectivity index (χ2v) is 14.6. The summed E-state index contributed by atoms with van der Waals surface area (Å²) in [4.78, 5) is 22.6. The molecule has 12 heteroatoms. The van der Waals surface area contributed by atoms with E-state index in [0.29, 0.717) is 5.82 Å². The molecule has 0 N–H and O–H groups in total. The fraction of sp³-hybridized carbons (Fsp3) is 0. The van der Waals surface area contributed by atoms with E-state index in [4.69, 9.17) is 58.0 Å². The Morgan fingerprint density at radius 3 is 0.944 bits per heavy atom. The molecule has 0 saturated carbocycles. The van der Waals surface area contributed by atoms with Crippen molar-refractivity contribution >= 4 is 139 Å². The molecule has 0 amide bonds. The average Bonchev–Trinajstić information content (AvgIpc) is 3.17. The molecular formula is C42H22BrCl5N6. The molecule has 54 heavy (non-hydrogen) atoms. The minimum atomic E-state index is 0.000000000000000444. The van der Waals surface area contributed by atoms with E-state index < -0.39 is 0 Å². The summed E-state index contributed by atoms with van der Waals surface area (Å²) in [6.07, 6.45) is 0. The van der Waals surface area contributed by atoms with Crippen molar-refractivity contribution in [1.29, 1.82) is 0 Å². The molecule has 0 unspecified atom stereocenters. The van der Waals surface area contributed by atoms with Gasteiger partial charge in [0.2, 0.25) is 26.4 Å². The Labute approximate surface area is 341 Å². The summed E-state index contributed by atoms with van der Waals surface area (Å²) in [6.45, 7) is 0. The lowest BCUT2D eigenvalue weighted by Crippen LogP contribution is -1.94. The molecule has 0 aliphatic carbocycles. The third kappa shape index (κ3) is 7.36. The summed E-state index contributed by atoms with van der Waals surface area (Å²) in [6, 6.07) is 46.8. The van der Waals surface area contributed by atoms with Crippen LogP contribution in [0.15, 0.2) is 138 Å². The predicted molar refractivity (Wildman–Crippen MR) is 229 cm³/mol. The SMILES string of the molecule is Brc1ccc2c3ccccc3c3ccccc3c2c1.Clc1nc(Cl)nc(-c2ccc3c4ccccc4c4ccccc4c3c2)n1.Clc1nc(Cl)nc(Cl)n1. The van der Waals surface area contributed by atoms with Gasteiger partial charge in [-0.15, -0.1) is 0 Å². The second kappa shape index (κ2) is 15.6.